The molecule has 9 nitrogen and oxygen atoms in total. The minimum absolute atomic E-state index is 0.336. The number of hydrogen-bond acceptors (Lipinski definition) is 7. The maximum atomic E-state index is 11.3. The fraction of sp³-hybridized carbons (Fsp3) is 0. The van der Waals surface area contributed by atoms with Gasteiger partial charge in [-0.05, 0) is 46.3 Å². The zero-order chi connectivity index (χ0) is 20.5. The van der Waals surface area contributed by atoms with Crippen molar-refractivity contribution in [1.29, 1.82) is 0 Å². The van der Waals surface area contributed by atoms with Crippen LogP contribution in [0.2, 0.25) is 0 Å². The molecule has 10 heteroatoms. The first kappa shape index (κ1) is 18.1. The Morgan fingerprint density at radius 2 is 1.87 bits per heavy atom. The Labute approximate surface area is 177 Å². The number of pyridine rings is 2. The molecule has 0 fully saturated rings. The average molecular weight is 462 g/mol. The Morgan fingerprint density at radius 3 is 2.63 bits per heavy atom. The summed E-state index contributed by atoms with van der Waals surface area (Å²) >= 11 is 3.38. The van der Waals surface area contributed by atoms with Crippen molar-refractivity contribution in [3.63, 3.8) is 0 Å². The molecule has 5 rings (SSSR count). The quantitative estimate of drug-likeness (QED) is 0.407. The van der Waals surface area contributed by atoms with Gasteiger partial charge in [0.1, 0.15) is 10.3 Å². The molecule has 0 spiro atoms. The molecule has 0 unspecified atom stereocenters. The topological polar surface area (TPSA) is 115 Å². The summed E-state index contributed by atoms with van der Waals surface area (Å²) in [6, 6.07) is 16.7. The first-order valence-corrected chi connectivity index (χ1v) is 9.64. The van der Waals surface area contributed by atoms with E-state index >= 15 is 0 Å². The Bertz CT molecular complexity index is 1390. The van der Waals surface area contributed by atoms with Gasteiger partial charge >= 0.3 is 5.76 Å². The minimum Gasteiger partial charge on any atom is -0.296 e. The molecule has 0 bridgehead atoms. The van der Waals surface area contributed by atoms with E-state index in [-0.39, 0.29) is 0 Å². The molecule has 0 atom stereocenters. The average Bonchev–Trinajstić information content (AvgIpc) is 3.41. The highest BCUT2D eigenvalue weighted by Gasteiger charge is 2.17. The van der Waals surface area contributed by atoms with Crippen LogP contribution in [0, 0.1) is 0 Å². The molecule has 146 valence electrons. The fourth-order valence-electron chi connectivity index (χ4n) is 2.96. The molecule has 0 amide bonds. The normalized spacial score (nSPS) is 11.0. The first-order valence-electron chi connectivity index (χ1n) is 8.84. The van der Waals surface area contributed by atoms with Gasteiger partial charge in [-0.25, -0.2) is 19.4 Å². The van der Waals surface area contributed by atoms with Gasteiger partial charge in [0.25, 0.3) is 0 Å². The Kier molecular flexibility index (Phi) is 4.52. The molecule has 1 N–H and O–H groups in total. The number of hydrogen-bond donors (Lipinski definition) is 1. The van der Waals surface area contributed by atoms with Gasteiger partial charge < -0.3 is 0 Å². The first-order chi connectivity index (χ1) is 14.7. The third-order valence-electron chi connectivity index (χ3n) is 4.28. The van der Waals surface area contributed by atoms with Gasteiger partial charge in [0.15, 0.2) is 11.6 Å². The minimum atomic E-state index is -0.614. The number of aromatic nitrogens is 7. The van der Waals surface area contributed by atoms with E-state index in [2.05, 4.69) is 45.7 Å². The number of halogens is 1. The van der Waals surface area contributed by atoms with Gasteiger partial charge in [0, 0.05) is 17.3 Å². The third-order valence-corrected chi connectivity index (χ3v) is 4.72. The summed E-state index contributed by atoms with van der Waals surface area (Å²) in [7, 11) is 0. The number of nitrogens with one attached hydrogen (secondary N) is 1. The van der Waals surface area contributed by atoms with Crippen LogP contribution >= 0.6 is 15.9 Å². The second-order valence-corrected chi connectivity index (χ2v) is 7.06. The van der Waals surface area contributed by atoms with E-state index in [4.69, 9.17) is 4.98 Å². The second-order valence-electron chi connectivity index (χ2n) is 6.25. The van der Waals surface area contributed by atoms with E-state index in [1.165, 1.54) is 0 Å². The third kappa shape index (κ3) is 3.44. The summed E-state index contributed by atoms with van der Waals surface area (Å²) in [6.45, 7) is 0. The fourth-order valence-corrected chi connectivity index (χ4v) is 3.30. The van der Waals surface area contributed by atoms with Crippen molar-refractivity contribution in [2.45, 2.75) is 0 Å². The number of rotatable bonds is 4. The Balaban J connectivity index is 1.68. The van der Waals surface area contributed by atoms with Crippen LogP contribution in [0.25, 0.3) is 40.0 Å². The molecule has 4 aromatic heterocycles. The van der Waals surface area contributed by atoms with Crippen molar-refractivity contribution in [3.05, 3.63) is 82.1 Å². The molecule has 0 saturated carbocycles. The standard InChI is InChI=1S/C20H12BrN7O2/c21-16-8-2-7-15(23-16)18-24-19(28(26-18)14-6-3-9-22-11-14)13-5-1-4-12(10-13)17-25-20(29)30-27-17/h1-11H,(H,25,27,29). The lowest BCUT2D eigenvalue weighted by Crippen LogP contribution is -2.00. The van der Waals surface area contributed by atoms with Crippen molar-refractivity contribution < 1.29 is 4.52 Å². The van der Waals surface area contributed by atoms with Crippen molar-refractivity contribution >= 4 is 15.9 Å². The van der Waals surface area contributed by atoms with Gasteiger partial charge in [-0.2, -0.15) is 0 Å². The monoisotopic (exact) mass is 461 g/mol. The zero-order valence-corrected chi connectivity index (χ0v) is 16.8. The molecule has 5 aromatic rings. The predicted molar refractivity (Wildman–Crippen MR) is 112 cm³/mol. The van der Waals surface area contributed by atoms with Gasteiger partial charge in [-0.1, -0.05) is 29.4 Å². The van der Waals surface area contributed by atoms with Gasteiger partial charge in [0.2, 0.25) is 5.82 Å². The van der Waals surface area contributed by atoms with Crippen LogP contribution in [-0.4, -0.2) is 34.9 Å². The van der Waals surface area contributed by atoms with Crippen LogP contribution in [0.4, 0.5) is 0 Å². The lowest BCUT2D eigenvalue weighted by Gasteiger charge is -2.06. The summed E-state index contributed by atoms with van der Waals surface area (Å²) in [5.74, 6) is 0.781. The number of H-pyrrole nitrogens is 1. The maximum Gasteiger partial charge on any atom is 0.439 e. The van der Waals surface area contributed by atoms with Crippen LogP contribution in [0.1, 0.15) is 0 Å². The molecule has 0 aliphatic heterocycles. The molecule has 0 saturated heterocycles. The molecule has 1 aromatic carbocycles. The molecule has 0 aliphatic rings. The smallest absolute Gasteiger partial charge is 0.296 e. The lowest BCUT2D eigenvalue weighted by molar-refractivity contribution is 0.388. The van der Waals surface area contributed by atoms with Gasteiger partial charge in [0.05, 0.1) is 11.9 Å². The van der Waals surface area contributed by atoms with Crippen LogP contribution in [-0.2, 0) is 0 Å². The predicted octanol–water partition coefficient (Wildman–Crippen LogP) is 3.50. The molecule has 0 aliphatic carbocycles. The van der Waals surface area contributed by atoms with E-state index < -0.39 is 5.76 Å². The van der Waals surface area contributed by atoms with Crippen molar-refractivity contribution in [3.8, 4) is 40.0 Å². The van der Waals surface area contributed by atoms with E-state index in [9.17, 15) is 4.79 Å². The van der Waals surface area contributed by atoms with Crippen LogP contribution < -0.4 is 5.76 Å². The maximum absolute atomic E-state index is 11.3. The Morgan fingerprint density at radius 1 is 1.00 bits per heavy atom. The van der Waals surface area contributed by atoms with Crippen LogP contribution in [0.3, 0.4) is 0 Å². The molecular weight excluding hydrogens is 450 g/mol. The highest BCUT2D eigenvalue weighted by Crippen LogP contribution is 2.27. The van der Waals surface area contributed by atoms with Crippen LogP contribution in [0.15, 0.2) is 80.9 Å². The lowest BCUT2D eigenvalue weighted by atomic mass is 10.1. The molecule has 30 heavy (non-hydrogen) atoms. The number of aromatic amines is 1. The summed E-state index contributed by atoms with van der Waals surface area (Å²) < 4.78 is 7.01. The summed E-state index contributed by atoms with van der Waals surface area (Å²) in [5, 5.41) is 8.42. The van der Waals surface area contributed by atoms with E-state index in [0.717, 1.165) is 11.3 Å². The summed E-state index contributed by atoms with van der Waals surface area (Å²) in [4.78, 5) is 27.2. The SMILES string of the molecule is O=c1[nH]c(-c2cccc(-c3nc(-c4cccc(Br)n4)nn3-c3cccnc3)c2)no1. The Hall–Kier alpha value is -3.92. The number of benzene rings is 1. The van der Waals surface area contributed by atoms with E-state index in [1.807, 2.05) is 54.6 Å². The van der Waals surface area contributed by atoms with Crippen LogP contribution in [0.5, 0.6) is 0 Å². The summed E-state index contributed by atoms with van der Waals surface area (Å²) in [6.07, 6.45) is 3.40. The van der Waals surface area contributed by atoms with E-state index in [0.29, 0.717) is 33.3 Å². The van der Waals surface area contributed by atoms with Crippen molar-refractivity contribution in [2.75, 3.05) is 0 Å². The van der Waals surface area contributed by atoms with Crippen molar-refractivity contribution in [1.82, 2.24) is 34.9 Å². The zero-order valence-electron chi connectivity index (χ0n) is 15.2. The molecular formula is C20H12BrN7O2. The highest BCUT2D eigenvalue weighted by molar-refractivity contribution is 9.10. The van der Waals surface area contributed by atoms with Gasteiger partial charge in [-0.3, -0.25) is 14.5 Å². The summed E-state index contributed by atoms with van der Waals surface area (Å²) in [5.41, 5.74) is 2.84. The second kappa shape index (κ2) is 7.48. The molecule has 0 radical (unpaired) electrons. The largest absolute Gasteiger partial charge is 0.439 e. The van der Waals surface area contributed by atoms with E-state index in [1.54, 1.807) is 17.1 Å². The molecule has 4 heterocycles. The van der Waals surface area contributed by atoms with Crippen molar-refractivity contribution in [2.24, 2.45) is 0 Å². The van der Waals surface area contributed by atoms with Gasteiger partial charge in [-0.15, -0.1) is 5.10 Å². The number of nitrogens with zero attached hydrogens (tertiary/aromatic N) is 6. The highest BCUT2D eigenvalue weighted by atomic mass is 79.9.